The Bertz CT molecular complexity index is 1310. The molecule has 0 fully saturated rings. The maximum absolute atomic E-state index is 3.80. The van der Waals surface area contributed by atoms with Crippen LogP contribution in [0.5, 0.6) is 0 Å². The minimum absolute atomic E-state index is 0. The molecule has 5 heteroatoms. The van der Waals surface area contributed by atoms with E-state index in [1.54, 1.807) is 0 Å². The summed E-state index contributed by atoms with van der Waals surface area (Å²) in [6, 6.07) is 30.7. The van der Waals surface area contributed by atoms with Crippen molar-refractivity contribution in [3.8, 4) is 0 Å². The number of benzene rings is 4. The van der Waals surface area contributed by atoms with Gasteiger partial charge in [0.25, 0.3) is 0 Å². The molecule has 200 valence electrons. The van der Waals surface area contributed by atoms with E-state index in [0.717, 1.165) is 0 Å². The molecule has 0 bridgehead atoms. The summed E-state index contributed by atoms with van der Waals surface area (Å²) in [4.78, 5) is 0. The average Bonchev–Trinajstić information content (AvgIpc) is 3.09. The fourth-order valence-electron chi connectivity index (χ4n) is 6.55. The zero-order chi connectivity index (χ0) is 24.9. The molecule has 1 aliphatic rings. The first kappa shape index (κ1) is 35.4. The van der Waals surface area contributed by atoms with E-state index in [2.05, 4.69) is 133 Å². The number of fused-ring (bicyclic) bond motifs is 1. The Labute approximate surface area is 269 Å². The van der Waals surface area contributed by atoms with E-state index in [4.69, 9.17) is 0 Å². The molecule has 4 aromatic rings. The van der Waals surface area contributed by atoms with Gasteiger partial charge in [-0.25, -0.2) is 0 Å². The minimum Gasteiger partial charge on any atom is -1.00 e. The fraction of sp³-hybridized carbons (Fsp3) is 0.235. The minimum atomic E-state index is -2.59. The van der Waals surface area contributed by atoms with Crippen LogP contribution in [0.4, 0.5) is 0 Å². The van der Waals surface area contributed by atoms with E-state index in [-0.39, 0.29) is 58.9 Å². The molecule has 39 heavy (non-hydrogen) atoms. The van der Waals surface area contributed by atoms with Gasteiger partial charge >= 0.3 is 21.7 Å². The van der Waals surface area contributed by atoms with Crippen LogP contribution in [-0.2, 0) is 21.7 Å². The van der Waals surface area contributed by atoms with Gasteiger partial charge in [-0.1, -0.05) is 101 Å². The molecule has 0 aliphatic heterocycles. The Morgan fingerprint density at radius 1 is 0.513 bits per heavy atom. The molecule has 4 aromatic carbocycles. The number of allylic oxidation sites excluding steroid dienone is 1. The second-order valence-electron chi connectivity index (χ2n) is 10.8. The Hall–Kier alpha value is -1.58. The molecule has 0 aromatic heterocycles. The molecule has 0 N–H and O–H groups in total. The molecule has 0 nitrogen and oxygen atoms in total. The van der Waals surface area contributed by atoms with Crippen molar-refractivity contribution < 1.29 is 58.9 Å². The number of aryl methyl sites for hydroxylation is 6. The number of rotatable bonds is 4. The molecular formula is C34H35Cl3SiTi. The monoisotopic (exact) mass is 624 g/mol. The first-order valence-corrected chi connectivity index (χ1v) is 14.7. The second-order valence-corrected chi connectivity index (χ2v) is 14.7. The van der Waals surface area contributed by atoms with E-state index >= 15 is 0 Å². The molecule has 0 heterocycles. The van der Waals surface area contributed by atoms with Crippen molar-refractivity contribution in [2.45, 2.75) is 54.0 Å². The standard InChI is InChI=1S/C34H35Si.3ClH.Ti/c1-22-12-23(2)16-30(15-22)35(31-17-24(3)13-25(4)18-31,32-19-26(5)14-27(6)20-32)34-28(7)21-29-10-8-9-11-33(29)34;;;;/h8-20,34H,1-7H3;3*1H;/q-1;;;;+4/p-3. The molecule has 1 unspecified atom stereocenters. The van der Waals surface area contributed by atoms with Gasteiger partial charge in [0.1, 0.15) is 8.07 Å². The second kappa shape index (κ2) is 13.9. The van der Waals surface area contributed by atoms with Crippen molar-refractivity contribution in [2.24, 2.45) is 0 Å². The fourth-order valence-corrected chi connectivity index (χ4v) is 12.7. The smallest absolute Gasteiger partial charge is 1.00 e. The van der Waals surface area contributed by atoms with E-state index in [0.29, 0.717) is 5.54 Å². The third kappa shape index (κ3) is 6.51. The van der Waals surface area contributed by atoms with Gasteiger partial charge in [0, 0.05) is 0 Å². The zero-order valence-corrected chi connectivity index (χ0v) is 28.5. The average molecular weight is 626 g/mol. The first-order chi connectivity index (χ1) is 16.7. The van der Waals surface area contributed by atoms with Crippen LogP contribution in [0.2, 0.25) is 0 Å². The van der Waals surface area contributed by atoms with Gasteiger partial charge in [-0.3, -0.25) is 0 Å². The Morgan fingerprint density at radius 3 is 1.21 bits per heavy atom. The summed E-state index contributed by atoms with van der Waals surface area (Å²) in [5.74, 6) is 0. The SMILES string of the molecule is CC1=[C-]c2ccccc2C1[Si](c1cc(C)cc(C)c1)(c1cc(C)cc(C)c1)c1cc(C)cc(C)c1.[Cl-].[Cl-].[Cl-].[Ti+4]. The molecule has 0 amide bonds. The van der Waals surface area contributed by atoms with Crippen molar-refractivity contribution in [3.05, 3.63) is 135 Å². The van der Waals surface area contributed by atoms with Crippen LogP contribution in [0.25, 0.3) is 0 Å². The van der Waals surface area contributed by atoms with Crippen LogP contribution >= 0.6 is 0 Å². The van der Waals surface area contributed by atoms with Crippen LogP contribution in [-0.4, -0.2) is 8.07 Å². The molecule has 0 spiro atoms. The predicted molar refractivity (Wildman–Crippen MR) is 153 cm³/mol. The van der Waals surface area contributed by atoms with Crippen LogP contribution < -0.4 is 52.8 Å². The summed E-state index contributed by atoms with van der Waals surface area (Å²) in [6.07, 6.45) is 3.80. The molecule has 1 atom stereocenters. The molecule has 1 aliphatic carbocycles. The van der Waals surface area contributed by atoms with Crippen molar-refractivity contribution in [2.75, 3.05) is 0 Å². The normalized spacial score (nSPS) is 13.6. The summed E-state index contributed by atoms with van der Waals surface area (Å²) in [5, 5.41) is 4.48. The summed E-state index contributed by atoms with van der Waals surface area (Å²) in [7, 11) is -2.59. The largest absolute Gasteiger partial charge is 4.00 e. The van der Waals surface area contributed by atoms with Crippen molar-refractivity contribution in [3.63, 3.8) is 0 Å². The summed E-state index contributed by atoms with van der Waals surface area (Å²) < 4.78 is 0. The van der Waals surface area contributed by atoms with Gasteiger partial charge in [-0.05, 0) is 62.6 Å². The summed E-state index contributed by atoms with van der Waals surface area (Å²) in [5.41, 5.74) is 12.3. The molecule has 0 saturated heterocycles. The van der Waals surface area contributed by atoms with Crippen molar-refractivity contribution >= 4 is 23.6 Å². The summed E-state index contributed by atoms with van der Waals surface area (Å²) in [6.45, 7) is 15.8. The topological polar surface area (TPSA) is 0 Å². The van der Waals surface area contributed by atoms with Gasteiger partial charge in [0.15, 0.2) is 0 Å². The van der Waals surface area contributed by atoms with Crippen molar-refractivity contribution in [1.82, 2.24) is 0 Å². The van der Waals surface area contributed by atoms with Gasteiger partial charge in [0.2, 0.25) is 0 Å². The Morgan fingerprint density at radius 2 is 0.846 bits per heavy atom. The van der Waals surface area contributed by atoms with E-state index < -0.39 is 8.07 Å². The summed E-state index contributed by atoms with van der Waals surface area (Å²) >= 11 is 0. The number of halogens is 3. The Balaban J connectivity index is 0.00000190. The molecule has 0 saturated carbocycles. The van der Waals surface area contributed by atoms with Crippen LogP contribution in [0.15, 0.2) is 84.4 Å². The molecule has 0 radical (unpaired) electrons. The van der Waals surface area contributed by atoms with Gasteiger partial charge < -0.3 is 37.2 Å². The first-order valence-electron chi connectivity index (χ1n) is 12.6. The maximum Gasteiger partial charge on any atom is 4.00 e. The van der Waals surface area contributed by atoms with Crippen LogP contribution in [0.1, 0.15) is 57.0 Å². The number of hydrogen-bond acceptors (Lipinski definition) is 0. The quantitative estimate of drug-likeness (QED) is 0.133. The van der Waals surface area contributed by atoms with Crippen molar-refractivity contribution in [1.29, 1.82) is 0 Å². The van der Waals surface area contributed by atoms with Gasteiger partial charge in [-0.2, -0.15) is 17.7 Å². The van der Waals surface area contributed by atoms with Gasteiger partial charge in [0.05, 0.1) is 0 Å². The van der Waals surface area contributed by atoms with E-state index in [9.17, 15) is 0 Å². The predicted octanol–water partition coefficient (Wildman–Crippen LogP) is -2.55. The maximum atomic E-state index is 3.80. The third-order valence-corrected chi connectivity index (χ3v) is 12.7. The van der Waals surface area contributed by atoms with Gasteiger partial charge in [-0.15, -0.1) is 23.3 Å². The van der Waals surface area contributed by atoms with E-state index in [1.165, 1.54) is 65.6 Å². The molecule has 5 rings (SSSR count). The van der Waals surface area contributed by atoms with Crippen LogP contribution in [0.3, 0.4) is 0 Å². The van der Waals surface area contributed by atoms with Crippen LogP contribution in [0, 0.1) is 47.6 Å². The Kier molecular flexibility index (Phi) is 12.6. The molecular weight excluding hydrogens is 591 g/mol. The number of hydrogen-bond donors (Lipinski definition) is 0. The zero-order valence-electron chi connectivity index (χ0n) is 23.7. The van der Waals surface area contributed by atoms with E-state index in [1.807, 2.05) is 0 Å². The third-order valence-electron chi connectivity index (χ3n) is 7.50.